The molecule has 1 unspecified atom stereocenters. The highest BCUT2D eigenvalue weighted by Gasteiger charge is 2.06. The number of nitrogens with zero attached hydrogens (tertiary/aromatic N) is 1. The summed E-state index contributed by atoms with van der Waals surface area (Å²) in [4.78, 5) is 2.15. The third kappa shape index (κ3) is 8.94. The van der Waals surface area contributed by atoms with E-state index in [1.807, 2.05) is 7.05 Å². The zero-order valence-electron chi connectivity index (χ0n) is 9.21. The first kappa shape index (κ1) is 14.4. The molecule has 0 radical (unpaired) electrons. The second-order valence-electron chi connectivity index (χ2n) is 3.62. The van der Waals surface area contributed by atoms with E-state index in [2.05, 4.69) is 20.8 Å². The maximum atomic E-state index is 9.45. The van der Waals surface area contributed by atoms with Gasteiger partial charge in [-0.3, -0.25) is 0 Å². The third-order valence-electron chi connectivity index (χ3n) is 2.05. The Morgan fingerprint density at radius 2 is 2.07 bits per heavy atom. The van der Waals surface area contributed by atoms with Gasteiger partial charge in [-0.1, -0.05) is 22.4 Å². The van der Waals surface area contributed by atoms with Crippen molar-refractivity contribution in [3.05, 3.63) is 0 Å². The highest BCUT2D eigenvalue weighted by molar-refractivity contribution is 9.09. The Labute approximate surface area is 95.6 Å². The molecule has 0 heterocycles. The van der Waals surface area contributed by atoms with Crippen molar-refractivity contribution < 1.29 is 9.84 Å². The molecule has 0 amide bonds. The largest absolute Gasteiger partial charge is 0.389 e. The lowest BCUT2D eigenvalue weighted by molar-refractivity contribution is 0.0430. The molecule has 0 spiro atoms. The Morgan fingerprint density at radius 1 is 1.36 bits per heavy atom. The van der Waals surface area contributed by atoms with E-state index in [1.54, 1.807) is 7.11 Å². The maximum absolute atomic E-state index is 9.45. The summed E-state index contributed by atoms with van der Waals surface area (Å²) in [5.41, 5.74) is 0. The van der Waals surface area contributed by atoms with Gasteiger partial charge in [-0.05, 0) is 26.4 Å². The molecule has 4 heteroatoms. The first-order chi connectivity index (χ1) is 6.70. The molecule has 0 aliphatic rings. The van der Waals surface area contributed by atoms with Crippen LogP contribution in [0.15, 0.2) is 0 Å². The second-order valence-corrected chi connectivity index (χ2v) is 4.41. The molecule has 0 aromatic heterocycles. The van der Waals surface area contributed by atoms with Crippen LogP contribution < -0.4 is 0 Å². The Balaban J connectivity index is 3.30. The molecule has 0 aliphatic heterocycles. The summed E-state index contributed by atoms with van der Waals surface area (Å²) in [5, 5.41) is 10.5. The van der Waals surface area contributed by atoms with Gasteiger partial charge in [-0.2, -0.15) is 0 Å². The smallest absolute Gasteiger partial charge is 0.0899 e. The van der Waals surface area contributed by atoms with Crippen LogP contribution in [0.1, 0.15) is 19.3 Å². The van der Waals surface area contributed by atoms with Crippen molar-refractivity contribution in [2.45, 2.75) is 25.4 Å². The van der Waals surface area contributed by atoms with Crippen LogP contribution in [0.5, 0.6) is 0 Å². The average molecular weight is 268 g/mol. The first-order valence-electron chi connectivity index (χ1n) is 5.12. The molecule has 0 fully saturated rings. The van der Waals surface area contributed by atoms with Crippen LogP contribution in [-0.4, -0.2) is 55.3 Å². The number of halogens is 1. The third-order valence-corrected chi connectivity index (χ3v) is 2.62. The van der Waals surface area contributed by atoms with E-state index >= 15 is 0 Å². The quantitative estimate of drug-likeness (QED) is 0.508. The summed E-state index contributed by atoms with van der Waals surface area (Å²) in [5.74, 6) is 0. The van der Waals surface area contributed by atoms with E-state index in [0.29, 0.717) is 13.2 Å². The predicted octanol–water partition coefficient (Wildman–Crippen LogP) is 1.49. The van der Waals surface area contributed by atoms with Gasteiger partial charge < -0.3 is 14.7 Å². The molecular weight excluding hydrogens is 246 g/mol. The summed E-state index contributed by atoms with van der Waals surface area (Å²) in [7, 11) is 3.65. The van der Waals surface area contributed by atoms with Crippen LogP contribution in [0.4, 0.5) is 0 Å². The number of likely N-dealkylation sites (N-methyl/N-ethyl adjacent to an activating group) is 1. The molecule has 86 valence electrons. The number of hydrogen-bond donors (Lipinski definition) is 1. The van der Waals surface area contributed by atoms with Gasteiger partial charge in [0.2, 0.25) is 0 Å². The van der Waals surface area contributed by atoms with E-state index in [4.69, 9.17) is 4.74 Å². The van der Waals surface area contributed by atoms with Gasteiger partial charge in [0.25, 0.3) is 0 Å². The monoisotopic (exact) mass is 267 g/mol. The molecule has 0 saturated carbocycles. The lowest BCUT2D eigenvalue weighted by Gasteiger charge is -2.19. The average Bonchev–Trinajstić information content (AvgIpc) is 2.13. The van der Waals surface area contributed by atoms with E-state index in [-0.39, 0.29) is 6.10 Å². The van der Waals surface area contributed by atoms with Crippen molar-refractivity contribution in [1.29, 1.82) is 0 Å². The highest BCUT2D eigenvalue weighted by Crippen LogP contribution is 2.00. The number of aliphatic hydroxyl groups is 1. The maximum Gasteiger partial charge on any atom is 0.0899 e. The van der Waals surface area contributed by atoms with Crippen molar-refractivity contribution in [2.24, 2.45) is 0 Å². The fraction of sp³-hybridized carbons (Fsp3) is 1.00. The van der Waals surface area contributed by atoms with E-state index in [1.165, 1.54) is 19.3 Å². The first-order valence-corrected chi connectivity index (χ1v) is 6.24. The molecule has 0 aliphatic carbocycles. The molecule has 0 aromatic rings. The van der Waals surface area contributed by atoms with E-state index in [9.17, 15) is 5.11 Å². The van der Waals surface area contributed by atoms with Gasteiger partial charge >= 0.3 is 0 Å². The van der Waals surface area contributed by atoms with Crippen LogP contribution in [0.25, 0.3) is 0 Å². The number of unbranched alkanes of at least 4 members (excludes halogenated alkanes) is 2. The van der Waals surface area contributed by atoms with Crippen molar-refractivity contribution >= 4 is 15.9 Å². The normalized spacial score (nSPS) is 13.5. The number of rotatable bonds is 9. The van der Waals surface area contributed by atoms with Crippen molar-refractivity contribution in [1.82, 2.24) is 4.90 Å². The standard InChI is InChI=1S/C10H22BrNO2/c1-12(7-5-3-4-6-11)8-10(13)9-14-2/h10,13H,3-9H2,1-2H3. The van der Waals surface area contributed by atoms with Gasteiger partial charge in [0.15, 0.2) is 0 Å². The van der Waals surface area contributed by atoms with Gasteiger partial charge in [-0.25, -0.2) is 0 Å². The Morgan fingerprint density at radius 3 is 2.64 bits per heavy atom. The summed E-state index contributed by atoms with van der Waals surface area (Å²) >= 11 is 3.41. The van der Waals surface area contributed by atoms with Crippen molar-refractivity contribution in [3.63, 3.8) is 0 Å². The molecule has 14 heavy (non-hydrogen) atoms. The SMILES string of the molecule is COCC(O)CN(C)CCCCCBr. The van der Waals surface area contributed by atoms with Gasteiger partial charge in [0.05, 0.1) is 12.7 Å². The molecule has 0 saturated heterocycles. The van der Waals surface area contributed by atoms with E-state index in [0.717, 1.165) is 11.9 Å². The Kier molecular flexibility index (Phi) is 10.2. The summed E-state index contributed by atoms with van der Waals surface area (Å²) < 4.78 is 4.86. The van der Waals surface area contributed by atoms with Crippen LogP contribution in [0.3, 0.4) is 0 Å². The van der Waals surface area contributed by atoms with Crippen LogP contribution in [0, 0.1) is 0 Å². The lowest BCUT2D eigenvalue weighted by atomic mass is 10.2. The molecule has 1 atom stereocenters. The van der Waals surface area contributed by atoms with Crippen molar-refractivity contribution in [2.75, 3.05) is 39.2 Å². The van der Waals surface area contributed by atoms with Crippen LogP contribution in [0.2, 0.25) is 0 Å². The number of aliphatic hydroxyl groups excluding tert-OH is 1. The van der Waals surface area contributed by atoms with E-state index < -0.39 is 0 Å². The molecule has 1 N–H and O–H groups in total. The zero-order chi connectivity index (χ0) is 10.8. The minimum atomic E-state index is -0.360. The summed E-state index contributed by atoms with van der Waals surface area (Å²) in [6.45, 7) is 2.17. The number of hydrogen-bond acceptors (Lipinski definition) is 3. The molecule has 0 aromatic carbocycles. The number of alkyl halides is 1. The van der Waals surface area contributed by atoms with Crippen LogP contribution in [-0.2, 0) is 4.74 Å². The van der Waals surface area contributed by atoms with Gasteiger partial charge in [0.1, 0.15) is 0 Å². The summed E-state index contributed by atoms with van der Waals surface area (Å²) in [6.07, 6.45) is 3.31. The topological polar surface area (TPSA) is 32.7 Å². The highest BCUT2D eigenvalue weighted by atomic mass is 79.9. The molecular formula is C10H22BrNO2. The molecule has 0 rings (SSSR count). The Bertz CT molecular complexity index is 125. The fourth-order valence-electron chi connectivity index (χ4n) is 1.35. The van der Waals surface area contributed by atoms with Gasteiger partial charge in [-0.15, -0.1) is 0 Å². The lowest BCUT2D eigenvalue weighted by Crippen LogP contribution is -2.32. The molecule has 3 nitrogen and oxygen atoms in total. The minimum Gasteiger partial charge on any atom is -0.389 e. The van der Waals surface area contributed by atoms with Crippen molar-refractivity contribution in [3.8, 4) is 0 Å². The second kappa shape index (κ2) is 9.90. The van der Waals surface area contributed by atoms with Crippen LogP contribution >= 0.6 is 15.9 Å². The number of ether oxygens (including phenoxy) is 1. The minimum absolute atomic E-state index is 0.360. The van der Waals surface area contributed by atoms with Gasteiger partial charge in [0, 0.05) is 19.0 Å². The zero-order valence-corrected chi connectivity index (χ0v) is 10.8. The summed E-state index contributed by atoms with van der Waals surface area (Å²) in [6, 6.07) is 0. The Hall–Kier alpha value is 0.360. The predicted molar refractivity (Wildman–Crippen MR) is 63.0 cm³/mol. The molecule has 0 bridgehead atoms. The fourth-order valence-corrected chi connectivity index (χ4v) is 1.75. The number of methoxy groups -OCH3 is 1.